The monoisotopic (exact) mass is 300 g/mol. The molecule has 2 N–H and O–H groups in total. The lowest BCUT2D eigenvalue weighted by atomic mass is 10.1. The van der Waals surface area contributed by atoms with E-state index in [-0.39, 0.29) is 17.0 Å². The Kier molecular flexibility index (Phi) is 3.55. The minimum absolute atomic E-state index is 0.0653. The third-order valence-corrected chi connectivity index (χ3v) is 3.33. The predicted molar refractivity (Wildman–Crippen MR) is 65.1 cm³/mol. The summed E-state index contributed by atoms with van der Waals surface area (Å²) >= 11 is 0. The largest absolute Gasteiger partial charge is 0.391 e. The summed E-state index contributed by atoms with van der Waals surface area (Å²) in [5.74, 6) is -1.70. The van der Waals surface area contributed by atoms with E-state index in [9.17, 15) is 17.6 Å². The first-order valence-corrected chi connectivity index (χ1v) is 7.14. The second kappa shape index (κ2) is 5.02. The van der Waals surface area contributed by atoms with Crippen LogP contribution < -0.4 is 0 Å². The fourth-order valence-electron chi connectivity index (χ4n) is 1.54. The Labute approximate surface area is 112 Å². The van der Waals surface area contributed by atoms with Gasteiger partial charge in [-0.15, -0.1) is 0 Å². The lowest BCUT2D eigenvalue weighted by molar-refractivity contribution is -0.183. The Morgan fingerprint density at radius 3 is 2.45 bits per heavy atom. The minimum atomic E-state index is -3.69. The predicted octanol–water partition coefficient (Wildman–Crippen LogP) is 1.25. The van der Waals surface area contributed by atoms with Crippen LogP contribution in [0.1, 0.15) is 10.5 Å². The van der Waals surface area contributed by atoms with Crippen molar-refractivity contribution in [1.29, 1.82) is 0 Å². The SMILES string of the molecule is CS(=O)(=O)c1nc(-c2ccc(F)cc2)c(C(=O)OO)[nH]1. The van der Waals surface area contributed by atoms with Crippen LogP contribution in [-0.2, 0) is 14.7 Å². The maximum absolute atomic E-state index is 12.9. The molecule has 0 bridgehead atoms. The molecule has 0 spiro atoms. The smallest absolute Gasteiger partial charge is 0.323 e. The zero-order valence-corrected chi connectivity index (χ0v) is 10.9. The lowest BCUT2D eigenvalue weighted by Crippen LogP contribution is -2.05. The van der Waals surface area contributed by atoms with Crippen LogP contribution in [0.5, 0.6) is 0 Å². The molecule has 0 aliphatic rings. The highest BCUT2D eigenvalue weighted by Gasteiger charge is 2.24. The van der Waals surface area contributed by atoms with E-state index in [1.807, 2.05) is 0 Å². The van der Waals surface area contributed by atoms with Crippen molar-refractivity contribution < 1.29 is 27.7 Å². The molecule has 1 aromatic heterocycles. The molecule has 2 aromatic rings. The molecule has 9 heteroatoms. The molecule has 0 atom stereocenters. The summed E-state index contributed by atoms with van der Waals surface area (Å²) < 4.78 is 35.7. The third kappa shape index (κ3) is 2.68. The number of carbonyl (C=O) groups is 1. The number of aromatic nitrogens is 2. The van der Waals surface area contributed by atoms with Gasteiger partial charge >= 0.3 is 5.97 Å². The van der Waals surface area contributed by atoms with Crippen LogP contribution in [0, 0.1) is 5.82 Å². The van der Waals surface area contributed by atoms with Gasteiger partial charge in [0.25, 0.3) is 0 Å². The minimum Gasteiger partial charge on any atom is -0.323 e. The Hall–Kier alpha value is -2.26. The van der Waals surface area contributed by atoms with E-state index in [1.54, 1.807) is 0 Å². The van der Waals surface area contributed by atoms with Crippen molar-refractivity contribution in [1.82, 2.24) is 9.97 Å². The quantitative estimate of drug-likeness (QED) is 0.652. The van der Waals surface area contributed by atoms with E-state index in [1.165, 1.54) is 12.1 Å². The number of aromatic amines is 1. The maximum Gasteiger partial charge on any atom is 0.391 e. The molecule has 0 fully saturated rings. The van der Waals surface area contributed by atoms with Crippen LogP contribution in [-0.4, -0.2) is 35.9 Å². The van der Waals surface area contributed by atoms with Crippen LogP contribution in [0.2, 0.25) is 0 Å². The number of carbonyl (C=O) groups excluding carboxylic acids is 1. The maximum atomic E-state index is 12.9. The summed E-state index contributed by atoms with van der Waals surface area (Å²) in [6, 6.07) is 4.87. The number of benzene rings is 1. The van der Waals surface area contributed by atoms with Gasteiger partial charge in [-0.3, -0.25) is 4.89 Å². The highest BCUT2D eigenvalue weighted by atomic mass is 32.2. The average molecular weight is 300 g/mol. The van der Waals surface area contributed by atoms with Crippen molar-refractivity contribution in [3.63, 3.8) is 0 Å². The van der Waals surface area contributed by atoms with Crippen molar-refractivity contribution in [3.05, 3.63) is 35.8 Å². The first-order valence-electron chi connectivity index (χ1n) is 5.24. The molecule has 1 aromatic carbocycles. The number of sulfone groups is 1. The fraction of sp³-hybridized carbons (Fsp3) is 0.0909. The molecule has 0 saturated heterocycles. The molecule has 2 rings (SSSR count). The Balaban J connectivity index is 2.64. The summed E-state index contributed by atoms with van der Waals surface area (Å²) in [5.41, 5.74) is -0.123. The van der Waals surface area contributed by atoms with Crippen molar-refractivity contribution in [2.75, 3.05) is 6.26 Å². The van der Waals surface area contributed by atoms with Gasteiger partial charge in [0.1, 0.15) is 11.5 Å². The van der Waals surface area contributed by atoms with Gasteiger partial charge in [-0.25, -0.2) is 22.6 Å². The summed E-state index contributed by atoms with van der Waals surface area (Å²) in [7, 11) is -3.69. The number of nitrogens with zero attached hydrogens (tertiary/aromatic N) is 1. The van der Waals surface area contributed by atoms with E-state index in [4.69, 9.17) is 5.26 Å². The van der Waals surface area contributed by atoms with E-state index in [2.05, 4.69) is 14.9 Å². The molecule has 0 amide bonds. The van der Waals surface area contributed by atoms with Crippen LogP contribution in [0.4, 0.5) is 4.39 Å². The van der Waals surface area contributed by atoms with Gasteiger partial charge in [-0.1, -0.05) is 0 Å². The van der Waals surface area contributed by atoms with E-state index in [0.717, 1.165) is 18.4 Å². The summed E-state index contributed by atoms with van der Waals surface area (Å²) in [6.07, 6.45) is 0.897. The van der Waals surface area contributed by atoms with Crippen LogP contribution in [0.25, 0.3) is 11.3 Å². The number of H-pyrrole nitrogens is 1. The zero-order valence-electron chi connectivity index (χ0n) is 10.1. The van der Waals surface area contributed by atoms with Crippen LogP contribution in [0.3, 0.4) is 0 Å². The topological polar surface area (TPSA) is 109 Å². The van der Waals surface area contributed by atoms with E-state index >= 15 is 0 Å². The molecule has 0 radical (unpaired) electrons. The molecular formula is C11H9FN2O5S. The highest BCUT2D eigenvalue weighted by Crippen LogP contribution is 2.24. The standard InChI is InChI=1S/C11H9FN2O5S/c1-20(17,18)11-13-8(9(14-11)10(15)19-16)6-2-4-7(12)5-3-6/h2-5,16H,1H3,(H,13,14). The highest BCUT2D eigenvalue weighted by molar-refractivity contribution is 7.90. The molecule has 0 aliphatic carbocycles. The number of hydrogen-bond donors (Lipinski definition) is 2. The van der Waals surface area contributed by atoms with E-state index < -0.39 is 26.8 Å². The number of imidazole rings is 1. The van der Waals surface area contributed by atoms with Gasteiger partial charge in [0.05, 0.1) is 0 Å². The first-order chi connectivity index (χ1) is 9.32. The number of nitrogens with one attached hydrogen (secondary N) is 1. The summed E-state index contributed by atoms with van der Waals surface area (Å²) in [4.78, 5) is 21.0. The number of hydrogen-bond acceptors (Lipinski definition) is 6. The van der Waals surface area contributed by atoms with Crippen molar-refractivity contribution in [2.24, 2.45) is 0 Å². The normalized spacial score (nSPS) is 11.3. The van der Waals surface area contributed by atoms with Gasteiger partial charge in [-0.05, 0) is 24.3 Å². The fourth-order valence-corrected chi connectivity index (χ4v) is 2.08. The molecule has 0 unspecified atom stereocenters. The van der Waals surface area contributed by atoms with Gasteiger partial charge in [0, 0.05) is 11.8 Å². The second-order valence-corrected chi connectivity index (χ2v) is 5.85. The molecule has 1 heterocycles. The van der Waals surface area contributed by atoms with Crippen molar-refractivity contribution in [2.45, 2.75) is 5.16 Å². The zero-order chi connectivity index (χ0) is 14.9. The van der Waals surface area contributed by atoms with Crippen molar-refractivity contribution in [3.8, 4) is 11.3 Å². The van der Waals surface area contributed by atoms with Gasteiger partial charge < -0.3 is 4.98 Å². The molecule has 0 saturated carbocycles. The molecule has 106 valence electrons. The van der Waals surface area contributed by atoms with Gasteiger partial charge in [0.2, 0.25) is 15.0 Å². The van der Waals surface area contributed by atoms with Gasteiger partial charge in [0.15, 0.2) is 5.69 Å². The average Bonchev–Trinajstić information content (AvgIpc) is 2.83. The summed E-state index contributed by atoms with van der Waals surface area (Å²) in [5, 5.41) is 7.95. The number of rotatable bonds is 3. The Morgan fingerprint density at radius 1 is 1.35 bits per heavy atom. The van der Waals surface area contributed by atoms with Crippen LogP contribution in [0.15, 0.2) is 29.4 Å². The lowest BCUT2D eigenvalue weighted by Gasteiger charge is -1.99. The van der Waals surface area contributed by atoms with Crippen LogP contribution >= 0.6 is 0 Å². The summed E-state index contributed by atoms with van der Waals surface area (Å²) in [6.45, 7) is 0. The Morgan fingerprint density at radius 2 is 1.95 bits per heavy atom. The Bertz CT molecular complexity index is 752. The van der Waals surface area contributed by atoms with Crippen molar-refractivity contribution >= 4 is 15.8 Å². The second-order valence-electron chi connectivity index (χ2n) is 3.92. The molecule has 0 aliphatic heterocycles. The van der Waals surface area contributed by atoms with Gasteiger partial charge in [-0.2, -0.15) is 5.26 Å². The first kappa shape index (κ1) is 14.2. The molecular weight excluding hydrogens is 291 g/mol. The number of halogens is 1. The third-order valence-electron chi connectivity index (χ3n) is 2.44. The van der Waals surface area contributed by atoms with E-state index in [0.29, 0.717) is 0 Å². The molecule has 7 nitrogen and oxygen atoms in total. The molecule has 20 heavy (non-hydrogen) atoms.